The van der Waals surface area contributed by atoms with Gasteiger partial charge in [-0.05, 0) is 37.3 Å². The maximum atomic E-state index is 13.4. The van der Waals surface area contributed by atoms with E-state index in [1.165, 1.54) is 0 Å². The molecule has 0 bridgehead atoms. The van der Waals surface area contributed by atoms with Crippen molar-refractivity contribution in [1.29, 1.82) is 0 Å². The summed E-state index contributed by atoms with van der Waals surface area (Å²) >= 11 is 0. The number of nitrogens with zero attached hydrogens (tertiary/aromatic N) is 2. The lowest BCUT2D eigenvalue weighted by Gasteiger charge is -2.31. The number of fused-ring (bicyclic) bond motifs is 3. The minimum atomic E-state index is -3.41. The van der Waals surface area contributed by atoms with E-state index in [0.29, 0.717) is 0 Å². The van der Waals surface area contributed by atoms with Crippen molar-refractivity contribution in [1.82, 2.24) is 15.0 Å². The number of hydrogen-bond donors (Lipinski definition) is 2. The van der Waals surface area contributed by atoms with E-state index in [0.717, 1.165) is 47.8 Å². The Morgan fingerprint density at radius 2 is 1.93 bits per heavy atom. The molecule has 1 unspecified atom stereocenters. The number of carbonyl (C=O) groups excluding carboxylic acids is 1. The molecule has 2 heterocycles. The molecule has 4 rings (SSSR count). The Morgan fingerprint density at radius 1 is 1.21 bits per heavy atom. The van der Waals surface area contributed by atoms with Gasteiger partial charge in [0.1, 0.15) is 12.2 Å². The van der Waals surface area contributed by atoms with E-state index >= 15 is 0 Å². The molecule has 0 radical (unpaired) electrons. The van der Waals surface area contributed by atoms with Gasteiger partial charge in [-0.1, -0.05) is 18.2 Å². The number of rotatable bonds is 3. The highest BCUT2D eigenvalue weighted by molar-refractivity contribution is 5.88. The summed E-state index contributed by atoms with van der Waals surface area (Å²) in [4.78, 5) is 12.8. The summed E-state index contributed by atoms with van der Waals surface area (Å²) in [6, 6.07) is 7.49. The van der Waals surface area contributed by atoms with E-state index in [2.05, 4.69) is 0 Å². The van der Waals surface area contributed by atoms with Gasteiger partial charge in [0.15, 0.2) is 0 Å². The van der Waals surface area contributed by atoms with Crippen LogP contribution in [0.3, 0.4) is 0 Å². The van der Waals surface area contributed by atoms with Crippen LogP contribution in [0.1, 0.15) is 30.5 Å². The van der Waals surface area contributed by atoms with E-state index in [4.69, 9.17) is 0 Å². The van der Waals surface area contributed by atoms with Crippen molar-refractivity contribution in [3.05, 3.63) is 47.3 Å². The number of nitrogens with one attached hydrogen (secondary N) is 1. The summed E-state index contributed by atoms with van der Waals surface area (Å²) in [5, 5.41) is 11.5. The number of halogens is 4. The van der Waals surface area contributed by atoms with Gasteiger partial charge < -0.3 is 9.67 Å². The molecule has 150 valence electrons. The maximum Gasteiger partial charge on any atom is 0.291 e. The Morgan fingerprint density at radius 3 is 2.64 bits per heavy atom. The molecule has 5 nitrogen and oxygen atoms in total. The minimum absolute atomic E-state index is 0.246. The predicted octanol–water partition coefficient (Wildman–Crippen LogP) is 3.32. The topological polar surface area (TPSA) is 57.5 Å². The first-order valence-electron chi connectivity index (χ1n) is 9.06. The van der Waals surface area contributed by atoms with Crippen molar-refractivity contribution in [3.63, 3.8) is 0 Å². The molecular weight excluding hydrogens is 378 g/mol. The molecule has 2 aromatic rings. The summed E-state index contributed by atoms with van der Waals surface area (Å²) in [7, 11) is 0. The Labute approximate surface area is 158 Å². The Kier molecular flexibility index (Phi) is 4.57. The molecule has 0 spiro atoms. The number of aliphatic hydroxyl groups is 1. The summed E-state index contributed by atoms with van der Waals surface area (Å²) in [6.45, 7) is -0.334. The van der Waals surface area contributed by atoms with Gasteiger partial charge in [-0.3, -0.25) is 10.2 Å². The number of hydrazine groups is 1. The number of hydrogen-bond acceptors (Lipinski definition) is 3. The monoisotopic (exact) mass is 397 g/mol. The molecule has 1 aromatic carbocycles. The van der Waals surface area contributed by atoms with Gasteiger partial charge >= 0.3 is 0 Å². The zero-order valence-electron chi connectivity index (χ0n) is 14.9. The Hall–Kier alpha value is -2.55. The van der Waals surface area contributed by atoms with E-state index in [9.17, 15) is 27.5 Å². The van der Waals surface area contributed by atoms with E-state index in [1.54, 1.807) is 4.57 Å². The minimum Gasteiger partial charge on any atom is -0.364 e. The molecule has 1 saturated heterocycles. The molecule has 1 aliphatic heterocycles. The summed E-state index contributed by atoms with van der Waals surface area (Å²) < 4.78 is 54.4. The molecule has 2 N–H and O–H groups in total. The first kappa shape index (κ1) is 18.8. The van der Waals surface area contributed by atoms with Crippen molar-refractivity contribution < 1.29 is 27.5 Å². The van der Waals surface area contributed by atoms with Crippen molar-refractivity contribution in [2.75, 3.05) is 0 Å². The zero-order chi connectivity index (χ0) is 20.1. The molecule has 2 aliphatic rings. The molecule has 1 fully saturated rings. The summed E-state index contributed by atoms with van der Waals surface area (Å²) in [5.41, 5.74) is 0.946. The standard InChI is InChI=1S/C19H19F4N3O2/c20-17(21)13-9-19(28,18(22)23)26(24-13)16(27)10-25-14-7-3-1-5-11(14)12-6-2-4-8-15(12)25/h1,3,5,7,18,24,28H,2,4,6,8-10H2. The third kappa shape index (κ3) is 2.85. The molecule has 1 aliphatic carbocycles. The molecule has 0 saturated carbocycles. The number of carbonyl (C=O) groups is 1. The fourth-order valence-corrected chi connectivity index (χ4v) is 4.15. The zero-order valence-corrected chi connectivity index (χ0v) is 14.9. The highest BCUT2D eigenvalue weighted by Gasteiger charge is 2.53. The van der Waals surface area contributed by atoms with Crippen molar-refractivity contribution in [2.45, 2.75) is 50.8 Å². The molecule has 1 amide bonds. The van der Waals surface area contributed by atoms with Gasteiger partial charge in [-0.15, -0.1) is 0 Å². The first-order chi connectivity index (χ1) is 13.3. The third-order valence-corrected chi connectivity index (χ3v) is 5.48. The van der Waals surface area contributed by atoms with E-state index < -0.39 is 36.3 Å². The quantitative estimate of drug-likeness (QED) is 0.782. The lowest BCUT2D eigenvalue weighted by molar-refractivity contribution is -0.196. The van der Waals surface area contributed by atoms with Gasteiger partial charge in [0, 0.05) is 16.6 Å². The van der Waals surface area contributed by atoms with E-state index in [-0.39, 0.29) is 11.6 Å². The van der Waals surface area contributed by atoms with Crippen LogP contribution in [-0.2, 0) is 24.2 Å². The fourth-order valence-electron chi connectivity index (χ4n) is 4.15. The van der Waals surface area contributed by atoms with Crippen LogP contribution >= 0.6 is 0 Å². The number of aryl methyl sites for hydroxylation is 1. The lowest BCUT2D eigenvalue weighted by atomic mass is 9.95. The van der Waals surface area contributed by atoms with Crippen LogP contribution in [0.4, 0.5) is 17.6 Å². The van der Waals surface area contributed by atoms with Crippen LogP contribution in [-0.4, -0.2) is 32.7 Å². The second kappa shape index (κ2) is 6.80. The second-order valence-electron chi connectivity index (χ2n) is 7.17. The number of para-hydroxylation sites is 1. The molecular formula is C19H19F4N3O2. The Balaban J connectivity index is 1.72. The van der Waals surface area contributed by atoms with Crippen LogP contribution in [0.15, 0.2) is 36.0 Å². The first-order valence-corrected chi connectivity index (χ1v) is 9.06. The van der Waals surface area contributed by atoms with Crippen molar-refractivity contribution >= 4 is 16.8 Å². The highest BCUT2D eigenvalue weighted by Crippen LogP contribution is 2.36. The SMILES string of the molecule is O=C(Cn1c2c(c3ccccc31)CCCC2)N1NC(=C(F)F)CC1(O)C(F)F. The van der Waals surface area contributed by atoms with E-state index in [1.807, 2.05) is 29.7 Å². The van der Waals surface area contributed by atoms with Gasteiger partial charge in [-0.2, -0.15) is 8.78 Å². The van der Waals surface area contributed by atoms with Gasteiger partial charge in [0.2, 0.25) is 5.72 Å². The van der Waals surface area contributed by atoms with Crippen LogP contribution in [0.25, 0.3) is 10.9 Å². The molecule has 9 heteroatoms. The Bertz CT molecular complexity index is 967. The largest absolute Gasteiger partial charge is 0.364 e. The second-order valence-corrected chi connectivity index (χ2v) is 7.17. The third-order valence-electron chi connectivity index (χ3n) is 5.48. The number of aromatic nitrogens is 1. The number of amides is 1. The summed E-state index contributed by atoms with van der Waals surface area (Å²) in [6.07, 6.45) is -3.12. The average Bonchev–Trinajstić information content (AvgIpc) is 3.20. The average molecular weight is 397 g/mol. The fraction of sp³-hybridized carbons (Fsp3) is 0.421. The predicted molar refractivity (Wildman–Crippen MR) is 93.4 cm³/mol. The molecule has 1 aromatic heterocycles. The molecule has 28 heavy (non-hydrogen) atoms. The van der Waals surface area contributed by atoms with Gasteiger partial charge in [-0.25, -0.2) is 13.8 Å². The maximum absolute atomic E-state index is 13.4. The van der Waals surface area contributed by atoms with Crippen molar-refractivity contribution in [2.24, 2.45) is 0 Å². The summed E-state index contributed by atoms with van der Waals surface area (Å²) in [5.74, 6) is -0.909. The normalized spacial score (nSPS) is 21.9. The number of benzene rings is 1. The smallest absolute Gasteiger partial charge is 0.291 e. The van der Waals surface area contributed by atoms with Gasteiger partial charge in [0.25, 0.3) is 18.4 Å². The van der Waals surface area contributed by atoms with Crippen LogP contribution in [0, 0.1) is 0 Å². The van der Waals surface area contributed by atoms with Crippen LogP contribution in [0.2, 0.25) is 0 Å². The van der Waals surface area contributed by atoms with Gasteiger partial charge in [0.05, 0.1) is 6.42 Å². The van der Waals surface area contributed by atoms with Crippen molar-refractivity contribution in [3.8, 4) is 0 Å². The molecule has 1 atom stereocenters. The highest BCUT2D eigenvalue weighted by atomic mass is 19.3. The lowest BCUT2D eigenvalue weighted by Crippen LogP contribution is -2.56. The number of alkyl halides is 2. The van der Waals surface area contributed by atoms with Crippen LogP contribution < -0.4 is 5.43 Å². The van der Waals surface area contributed by atoms with Crippen LogP contribution in [0.5, 0.6) is 0 Å².